The Morgan fingerprint density at radius 3 is 2.79 bits per heavy atom. The molecule has 2 atom stereocenters. The molecule has 1 fully saturated rings. The first-order chi connectivity index (χ1) is 8.91. The summed E-state index contributed by atoms with van der Waals surface area (Å²) in [5.41, 5.74) is 0.982. The maximum Gasteiger partial charge on any atom is 0.232 e. The van der Waals surface area contributed by atoms with E-state index >= 15 is 0 Å². The van der Waals surface area contributed by atoms with Gasteiger partial charge in [0.1, 0.15) is 0 Å². The van der Waals surface area contributed by atoms with Crippen LogP contribution in [0.15, 0.2) is 6.07 Å². The Kier molecular flexibility index (Phi) is 3.91. The first-order valence-corrected chi connectivity index (χ1v) is 6.53. The fraction of sp³-hybridized carbons (Fsp3) is 0.692. The summed E-state index contributed by atoms with van der Waals surface area (Å²) in [7, 11) is 1.84. The van der Waals surface area contributed by atoms with Gasteiger partial charge in [-0.15, -0.1) is 0 Å². The van der Waals surface area contributed by atoms with Crippen LogP contribution in [0.1, 0.15) is 26.5 Å². The summed E-state index contributed by atoms with van der Waals surface area (Å²) in [5.74, 6) is 0.347. The van der Waals surface area contributed by atoms with Crippen LogP contribution in [0.25, 0.3) is 0 Å². The predicted molar refractivity (Wildman–Crippen MR) is 73.1 cm³/mol. The third-order valence-corrected chi connectivity index (χ3v) is 3.43. The fourth-order valence-electron chi connectivity index (χ4n) is 2.09. The molecule has 2 rings (SSSR count). The first-order valence-electron chi connectivity index (χ1n) is 6.53. The lowest BCUT2D eigenvalue weighted by Gasteiger charge is -2.15. The Bertz CT molecular complexity index is 450. The largest absolute Gasteiger partial charge is 0.379 e. The number of carbonyl (C=O) groups excluding carboxylic acids is 1. The average molecular weight is 266 g/mol. The molecule has 2 unspecified atom stereocenters. The van der Waals surface area contributed by atoms with Gasteiger partial charge < -0.3 is 15.4 Å². The predicted octanol–water partition coefficient (Wildman–Crippen LogP) is 0.880. The molecule has 0 spiro atoms. The van der Waals surface area contributed by atoms with Crippen molar-refractivity contribution in [1.82, 2.24) is 15.5 Å². The van der Waals surface area contributed by atoms with E-state index in [9.17, 15) is 4.79 Å². The van der Waals surface area contributed by atoms with E-state index < -0.39 is 0 Å². The van der Waals surface area contributed by atoms with E-state index in [1.807, 2.05) is 13.1 Å². The number of amides is 1. The van der Waals surface area contributed by atoms with Crippen molar-refractivity contribution in [3.05, 3.63) is 11.8 Å². The molecule has 1 aromatic heterocycles. The van der Waals surface area contributed by atoms with Crippen molar-refractivity contribution < 1.29 is 9.53 Å². The standard InChI is InChI=1S/C13H22N4O2/c1-13(2,3)10-5-11(17-16-10)15-12(18)8-6-19-7-9(8)14-4/h5,8-9,14H,6-7H2,1-4H3,(H2,15,16,17,18). The zero-order chi connectivity index (χ0) is 14.0. The van der Waals surface area contributed by atoms with Crippen LogP contribution in [0, 0.1) is 5.92 Å². The molecule has 2 heterocycles. The maximum atomic E-state index is 12.2. The number of aromatic amines is 1. The highest BCUT2D eigenvalue weighted by Crippen LogP contribution is 2.22. The van der Waals surface area contributed by atoms with Gasteiger partial charge in [-0.1, -0.05) is 20.8 Å². The maximum absolute atomic E-state index is 12.2. The van der Waals surface area contributed by atoms with Gasteiger partial charge in [0.15, 0.2) is 5.82 Å². The number of ether oxygens (including phenoxy) is 1. The number of nitrogens with one attached hydrogen (secondary N) is 3. The van der Waals surface area contributed by atoms with Crippen molar-refractivity contribution in [1.29, 1.82) is 0 Å². The lowest BCUT2D eigenvalue weighted by molar-refractivity contribution is -0.120. The summed E-state index contributed by atoms with van der Waals surface area (Å²) in [6.07, 6.45) is 0. The second kappa shape index (κ2) is 5.30. The van der Waals surface area contributed by atoms with E-state index in [0.717, 1.165) is 5.69 Å². The summed E-state index contributed by atoms with van der Waals surface area (Å²) in [6.45, 7) is 7.30. The van der Waals surface area contributed by atoms with Gasteiger partial charge in [-0.2, -0.15) is 5.10 Å². The molecule has 106 valence electrons. The van der Waals surface area contributed by atoms with E-state index in [1.54, 1.807) is 0 Å². The van der Waals surface area contributed by atoms with Crippen LogP contribution >= 0.6 is 0 Å². The number of carbonyl (C=O) groups is 1. The van der Waals surface area contributed by atoms with Crippen LogP contribution in [0.5, 0.6) is 0 Å². The zero-order valence-corrected chi connectivity index (χ0v) is 11.9. The van der Waals surface area contributed by atoms with Gasteiger partial charge in [-0.3, -0.25) is 9.89 Å². The highest BCUT2D eigenvalue weighted by atomic mass is 16.5. The van der Waals surface area contributed by atoms with E-state index in [2.05, 4.69) is 41.6 Å². The third kappa shape index (κ3) is 3.13. The van der Waals surface area contributed by atoms with Crippen LogP contribution < -0.4 is 10.6 Å². The Balaban J connectivity index is 2.01. The number of nitrogens with zero attached hydrogens (tertiary/aromatic N) is 1. The number of rotatable bonds is 3. The van der Waals surface area contributed by atoms with Crippen molar-refractivity contribution in [2.75, 3.05) is 25.6 Å². The summed E-state index contributed by atoms with van der Waals surface area (Å²) >= 11 is 0. The molecule has 1 aliphatic heterocycles. The number of anilines is 1. The van der Waals surface area contributed by atoms with Crippen LogP contribution in [-0.2, 0) is 14.9 Å². The second-order valence-corrected chi connectivity index (χ2v) is 5.95. The molecule has 1 aromatic rings. The van der Waals surface area contributed by atoms with E-state index in [-0.39, 0.29) is 23.3 Å². The van der Waals surface area contributed by atoms with Gasteiger partial charge in [-0.05, 0) is 7.05 Å². The lowest BCUT2D eigenvalue weighted by Crippen LogP contribution is -2.39. The van der Waals surface area contributed by atoms with Gasteiger partial charge in [0.25, 0.3) is 0 Å². The summed E-state index contributed by atoms with van der Waals surface area (Å²) < 4.78 is 5.33. The van der Waals surface area contributed by atoms with Gasteiger partial charge >= 0.3 is 0 Å². The molecule has 1 saturated heterocycles. The number of hydrogen-bond acceptors (Lipinski definition) is 4. The third-order valence-electron chi connectivity index (χ3n) is 3.43. The van der Waals surface area contributed by atoms with Crippen molar-refractivity contribution in [2.24, 2.45) is 5.92 Å². The second-order valence-electron chi connectivity index (χ2n) is 5.95. The van der Waals surface area contributed by atoms with Crippen LogP contribution in [-0.4, -0.2) is 42.4 Å². The quantitative estimate of drug-likeness (QED) is 0.759. The zero-order valence-electron chi connectivity index (χ0n) is 11.9. The molecule has 1 amide bonds. The van der Waals surface area contributed by atoms with Gasteiger partial charge in [0.05, 0.1) is 19.1 Å². The van der Waals surface area contributed by atoms with E-state index in [1.165, 1.54) is 0 Å². The summed E-state index contributed by atoms with van der Waals surface area (Å²) in [5, 5.41) is 13.0. The Hall–Kier alpha value is -1.40. The lowest BCUT2D eigenvalue weighted by atomic mass is 9.92. The van der Waals surface area contributed by atoms with Gasteiger partial charge in [0, 0.05) is 23.2 Å². The SMILES string of the molecule is CNC1COCC1C(=O)Nc1cc(C(C)(C)C)[nH]n1. The number of likely N-dealkylation sites (N-methyl/N-ethyl adjacent to an activating group) is 1. The van der Waals surface area contributed by atoms with Crippen molar-refractivity contribution >= 4 is 11.7 Å². The topological polar surface area (TPSA) is 79.0 Å². The highest BCUT2D eigenvalue weighted by molar-refractivity contribution is 5.92. The van der Waals surface area contributed by atoms with Crippen LogP contribution in [0.4, 0.5) is 5.82 Å². The van der Waals surface area contributed by atoms with E-state index in [0.29, 0.717) is 19.0 Å². The molecule has 6 heteroatoms. The van der Waals surface area contributed by atoms with Crippen LogP contribution in [0.3, 0.4) is 0 Å². The minimum Gasteiger partial charge on any atom is -0.379 e. The average Bonchev–Trinajstić information content (AvgIpc) is 2.95. The monoisotopic (exact) mass is 266 g/mol. The smallest absolute Gasteiger partial charge is 0.232 e. The van der Waals surface area contributed by atoms with Crippen molar-refractivity contribution in [3.63, 3.8) is 0 Å². The molecular weight excluding hydrogens is 244 g/mol. The van der Waals surface area contributed by atoms with Gasteiger partial charge in [0.2, 0.25) is 5.91 Å². The van der Waals surface area contributed by atoms with Crippen molar-refractivity contribution in [2.45, 2.75) is 32.2 Å². The highest BCUT2D eigenvalue weighted by Gasteiger charge is 2.33. The Morgan fingerprint density at radius 1 is 1.47 bits per heavy atom. The molecule has 1 aliphatic rings. The molecule has 0 aliphatic carbocycles. The normalized spacial score (nSPS) is 23.6. The number of aromatic nitrogens is 2. The molecule has 0 radical (unpaired) electrons. The molecule has 0 saturated carbocycles. The molecule has 3 N–H and O–H groups in total. The van der Waals surface area contributed by atoms with Crippen molar-refractivity contribution in [3.8, 4) is 0 Å². The first kappa shape index (κ1) is 14.0. The fourth-order valence-corrected chi connectivity index (χ4v) is 2.09. The summed E-state index contributed by atoms with van der Waals surface area (Å²) in [4.78, 5) is 12.2. The Labute approximate surface area is 113 Å². The number of hydrogen-bond donors (Lipinski definition) is 3. The molecule has 0 aromatic carbocycles. The van der Waals surface area contributed by atoms with Crippen LogP contribution in [0.2, 0.25) is 0 Å². The minimum absolute atomic E-state index is 0.0139. The molecule has 6 nitrogen and oxygen atoms in total. The minimum atomic E-state index is -0.167. The molecule has 0 bridgehead atoms. The molecule has 19 heavy (non-hydrogen) atoms. The van der Waals surface area contributed by atoms with E-state index in [4.69, 9.17) is 4.74 Å². The van der Waals surface area contributed by atoms with Gasteiger partial charge in [-0.25, -0.2) is 0 Å². The Morgan fingerprint density at radius 2 is 2.21 bits per heavy atom. The summed E-state index contributed by atoms with van der Waals surface area (Å²) in [6, 6.07) is 1.95. The number of H-pyrrole nitrogens is 1. The molecular formula is C13H22N4O2.